The quantitative estimate of drug-likeness (QED) is 0.846. The number of aromatic nitrogens is 1. The van der Waals surface area contributed by atoms with Crippen molar-refractivity contribution in [1.29, 1.82) is 0 Å². The summed E-state index contributed by atoms with van der Waals surface area (Å²) in [5, 5.41) is 14.1. The monoisotopic (exact) mass is 254 g/mol. The van der Waals surface area contributed by atoms with E-state index >= 15 is 0 Å². The van der Waals surface area contributed by atoms with Gasteiger partial charge in [-0.1, -0.05) is 0 Å². The van der Waals surface area contributed by atoms with Crippen LogP contribution in [0.3, 0.4) is 0 Å². The molecule has 2 aliphatic heterocycles. The number of carbonyl (C=O) groups is 1. The zero-order valence-electron chi connectivity index (χ0n) is 9.26. The van der Waals surface area contributed by atoms with Gasteiger partial charge in [-0.3, -0.25) is 0 Å². The minimum absolute atomic E-state index is 0.158. The second-order valence-electron chi connectivity index (χ2n) is 4.55. The first-order chi connectivity index (χ1) is 8.22. The van der Waals surface area contributed by atoms with Crippen LogP contribution in [0.25, 0.3) is 0 Å². The topological polar surface area (TPSA) is 71.5 Å². The number of nitrogens with one attached hydrogen (secondary N) is 1. The molecule has 2 fully saturated rings. The maximum atomic E-state index is 10.7. The maximum Gasteiger partial charge on any atom is 0.365 e. The van der Waals surface area contributed by atoms with Crippen molar-refractivity contribution in [1.82, 2.24) is 10.3 Å². The third kappa shape index (κ3) is 2.20. The molecule has 1 aromatic heterocycles. The van der Waals surface area contributed by atoms with Gasteiger partial charge in [0.2, 0.25) is 5.01 Å². The molecule has 3 rings (SSSR count). The van der Waals surface area contributed by atoms with E-state index in [0.29, 0.717) is 24.8 Å². The standard InChI is InChI=1S/C11H14N2O3S/c14-11(15)10-13-6(5-17-10)4-12-8-3-7-1-2-9(8)16-7/h5,7-9,12H,1-4H2,(H,14,15). The van der Waals surface area contributed by atoms with Gasteiger partial charge in [0.15, 0.2) is 0 Å². The van der Waals surface area contributed by atoms with Gasteiger partial charge in [0.05, 0.1) is 17.9 Å². The van der Waals surface area contributed by atoms with Gasteiger partial charge in [-0.25, -0.2) is 9.78 Å². The van der Waals surface area contributed by atoms with E-state index in [9.17, 15) is 4.79 Å². The lowest BCUT2D eigenvalue weighted by molar-refractivity contribution is 0.0696. The van der Waals surface area contributed by atoms with E-state index in [0.717, 1.165) is 18.5 Å². The highest BCUT2D eigenvalue weighted by Crippen LogP contribution is 2.34. The Morgan fingerprint density at radius 2 is 2.53 bits per heavy atom. The largest absolute Gasteiger partial charge is 0.476 e. The number of carboxylic acids is 1. The molecule has 2 bridgehead atoms. The molecule has 5 nitrogen and oxygen atoms in total. The molecule has 0 radical (unpaired) electrons. The Hall–Kier alpha value is -0.980. The van der Waals surface area contributed by atoms with Crippen LogP contribution in [0, 0.1) is 0 Å². The first-order valence-electron chi connectivity index (χ1n) is 5.79. The first-order valence-corrected chi connectivity index (χ1v) is 6.67. The molecule has 3 heterocycles. The molecular weight excluding hydrogens is 240 g/mol. The average molecular weight is 254 g/mol. The summed E-state index contributed by atoms with van der Waals surface area (Å²) >= 11 is 1.17. The Labute approximate surface area is 103 Å². The Kier molecular flexibility index (Phi) is 2.85. The molecule has 3 atom stereocenters. The van der Waals surface area contributed by atoms with Gasteiger partial charge in [0, 0.05) is 18.0 Å². The van der Waals surface area contributed by atoms with Crippen molar-refractivity contribution in [2.24, 2.45) is 0 Å². The van der Waals surface area contributed by atoms with E-state index < -0.39 is 5.97 Å². The van der Waals surface area contributed by atoms with Crippen molar-refractivity contribution in [2.45, 2.75) is 44.1 Å². The van der Waals surface area contributed by atoms with Crippen LogP contribution in [0.15, 0.2) is 5.38 Å². The number of carboxylic acid groups (broad SMARTS) is 1. The van der Waals surface area contributed by atoms with Crippen LogP contribution in [-0.4, -0.2) is 34.3 Å². The molecular formula is C11H14N2O3S. The fourth-order valence-electron chi connectivity index (χ4n) is 2.57. The molecule has 6 heteroatoms. The van der Waals surface area contributed by atoms with Crippen molar-refractivity contribution in [3.63, 3.8) is 0 Å². The lowest BCUT2D eigenvalue weighted by Gasteiger charge is -2.19. The van der Waals surface area contributed by atoms with Crippen LogP contribution in [0.5, 0.6) is 0 Å². The number of aromatic carboxylic acids is 1. The van der Waals surface area contributed by atoms with E-state index in [2.05, 4.69) is 10.3 Å². The highest BCUT2D eigenvalue weighted by Gasteiger charge is 2.40. The summed E-state index contributed by atoms with van der Waals surface area (Å²) in [6.45, 7) is 0.626. The van der Waals surface area contributed by atoms with Gasteiger partial charge < -0.3 is 15.2 Å². The molecule has 0 aromatic carbocycles. The third-order valence-corrected chi connectivity index (χ3v) is 4.27. The minimum atomic E-state index is -0.954. The van der Waals surface area contributed by atoms with Gasteiger partial charge in [-0.05, 0) is 19.3 Å². The second kappa shape index (κ2) is 4.36. The van der Waals surface area contributed by atoms with E-state index in [4.69, 9.17) is 9.84 Å². The summed E-state index contributed by atoms with van der Waals surface area (Å²) in [5.74, 6) is -0.954. The number of hydrogen-bond donors (Lipinski definition) is 2. The number of hydrogen-bond acceptors (Lipinski definition) is 5. The summed E-state index contributed by atoms with van der Waals surface area (Å²) in [7, 11) is 0. The summed E-state index contributed by atoms with van der Waals surface area (Å²) < 4.78 is 5.74. The van der Waals surface area contributed by atoms with Crippen LogP contribution in [-0.2, 0) is 11.3 Å². The number of ether oxygens (including phenoxy) is 1. The highest BCUT2D eigenvalue weighted by molar-refractivity contribution is 7.11. The van der Waals surface area contributed by atoms with Gasteiger partial charge in [-0.2, -0.15) is 0 Å². The van der Waals surface area contributed by atoms with Crippen LogP contribution in [0.2, 0.25) is 0 Å². The van der Waals surface area contributed by atoms with E-state index in [-0.39, 0.29) is 5.01 Å². The summed E-state index contributed by atoms with van der Waals surface area (Å²) in [5.41, 5.74) is 0.801. The first kappa shape index (κ1) is 11.1. The predicted molar refractivity (Wildman–Crippen MR) is 62.2 cm³/mol. The van der Waals surface area contributed by atoms with Crippen molar-refractivity contribution in [2.75, 3.05) is 0 Å². The Morgan fingerprint density at radius 3 is 3.12 bits per heavy atom. The number of fused-ring (bicyclic) bond motifs is 2. The van der Waals surface area contributed by atoms with Crippen molar-refractivity contribution in [3.8, 4) is 0 Å². The van der Waals surface area contributed by atoms with Crippen LogP contribution in [0.1, 0.15) is 34.8 Å². The Morgan fingerprint density at radius 1 is 1.65 bits per heavy atom. The highest BCUT2D eigenvalue weighted by atomic mass is 32.1. The molecule has 2 N–H and O–H groups in total. The zero-order valence-corrected chi connectivity index (χ0v) is 10.1. The lowest BCUT2D eigenvalue weighted by Crippen LogP contribution is -2.37. The van der Waals surface area contributed by atoms with Gasteiger partial charge in [0.25, 0.3) is 0 Å². The van der Waals surface area contributed by atoms with Crippen molar-refractivity contribution >= 4 is 17.3 Å². The lowest BCUT2D eigenvalue weighted by atomic mass is 9.95. The molecule has 3 unspecified atom stereocenters. The smallest absolute Gasteiger partial charge is 0.365 e. The molecule has 0 spiro atoms. The molecule has 0 saturated carbocycles. The Balaban J connectivity index is 1.55. The van der Waals surface area contributed by atoms with E-state index in [1.165, 1.54) is 17.8 Å². The molecule has 2 aliphatic rings. The zero-order chi connectivity index (χ0) is 11.8. The summed E-state index contributed by atoms with van der Waals surface area (Å²) in [4.78, 5) is 14.7. The van der Waals surface area contributed by atoms with E-state index in [1.54, 1.807) is 5.38 Å². The number of rotatable bonds is 4. The fraction of sp³-hybridized carbons (Fsp3) is 0.636. The average Bonchev–Trinajstić information content (AvgIpc) is 3.02. The number of thiazole rings is 1. The van der Waals surface area contributed by atoms with Gasteiger partial charge in [-0.15, -0.1) is 11.3 Å². The van der Waals surface area contributed by atoms with Crippen molar-refractivity contribution < 1.29 is 14.6 Å². The normalized spacial score (nSPS) is 30.9. The molecule has 0 amide bonds. The van der Waals surface area contributed by atoms with Gasteiger partial charge >= 0.3 is 5.97 Å². The molecule has 0 aliphatic carbocycles. The predicted octanol–water partition coefficient (Wildman–Crippen LogP) is 1.25. The van der Waals surface area contributed by atoms with Gasteiger partial charge in [0.1, 0.15) is 0 Å². The molecule has 2 saturated heterocycles. The summed E-state index contributed by atoms with van der Waals surface area (Å²) in [6.07, 6.45) is 4.17. The summed E-state index contributed by atoms with van der Waals surface area (Å²) in [6, 6.07) is 0.406. The third-order valence-electron chi connectivity index (χ3n) is 3.39. The molecule has 92 valence electrons. The van der Waals surface area contributed by atoms with Crippen LogP contribution < -0.4 is 5.32 Å². The minimum Gasteiger partial charge on any atom is -0.476 e. The SMILES string of the molecule is O=C(O)c1nc(CNC2CC3CCC2O3)cs1. The van der Waals surface area contributed by atoms with E-state index in [1.807, 2.05) is 0 Å². The maximum absolute atomic E-state index is 10.7. The fourth-order valence-corrected chi connectivity index (χ4v) is 3.23. The van der Waals surface area contributed by atoms with Crippen LogP contribution in [0.4, 0.5) is 0 Å². The molecule has 17 heavy (non-hydrogen) atoms. The number of nitrogens with zero attached hydrogens (tertiary/aromatic N) is 1. The molecule has 1 aromatic rings. The second-order valence-corrected chi connectivity index (χ2v) is 5.40. The van der Waals surface area contributed by atoms with Crippen LogP contribution >= 0.6 is 11.3 Å². The van der Waals surface area contributed by atoms with Crippen molar-refractivity contribution in [3.05, 3.63) is 16.1 Å². The Bertz CT molecular complexity index is 434.